The highest BCUT2D eigenvalue weighted by Crippen LogP contribution is 2.43. The topological polar surface area (TPSA) is 51.8 Å². The molecule has 10 aromatic rings. The molecule has 0 aliphatic carbocycles. The van der Waals surface area contributed by atoms with Crippen LogP contribution >= 0.6 is 0 Å². The minimum atomic E-state index is 0.585. The van der Waals surface area contributed by atoms with Crippen molar-refractivity contribution in [2.24, 2.45) is 0 Å². The molecule has 0 amide bonds. The van der Waals surface area contributed by atoms with E-state index in [0.29, 0.717) is 17.5 Å². The zero-order valence-corrected chi connectivity index (χ0v) is 28.6. The highest BCUT2D eigenvalue weighted by molar-refractivity contribution is 6.22. The first kappa shape index (κ1) is 30.6. The Balaban J connectivity index is 1.27. The van der Waals surface area contributed by atoms with E-state index in [1.807, 2.05) is 30.3 Å². The summed E-state index contributed by atoms with van der Waals surface area (Å²) in [4.78, 5) is 15.8. The number of aromatic nitrogens is 3. The fraction of sp³-hybridized carbons (Fsp3) is 0. The molecule has 4 nitrogen and oxygen atoms in total. The minimum Gasteiger partial charge on any atom is -0.455 e. The molecule has 0 N–H and O–H groups in total. The second-order valence-electron chi connectivity index (χ2n) is 13.2. The Morgan fingerprint density at radius 1 is 0.302 bits per heavy atom. The van der Waals surface area contributed by atoms with E-state index in [-0.39, 0.29) is 0 Å². The summed E-state index contributed by atoms with van der Waals surface area (Å²) in [6, 6.07) is 65.1. The second-order valence-corrected chi connectivity index (χ2v) is 13.2. The average molecular weight is 678 g/mol. The van der Waals surface area contributed by atoms with Gasteiger partial charge in [-0.15, -0.1) is 0 Å². The van der Waals surface area contributed by atoms with E-state index in [4.69, 9.17) is 19.4 Å². The minimum absolute atomic E-state index is 0.585. The summed E-state index contributed by atoms with van der Waals surface area (Å²) in [5, 5.41) is 4.12. The second kappa shape index (κ2) is 12.9. The van der Waals surface area contributed by atoms with E-state index >= 15 is 0 Å². The molecule has 0 saturated carbocycles. The van der Waals surface area contributed by atoms with E-state index in [1.165, 1.54) is 0 Å². The van der Waals surface area contributed by atoms with Crippen LogP contribution in [0.1, 0.15) is 0 Å². The molecular weight excluding hydrogens is 647 g/mol. The zero-order chi connectivity index (χ0) is 35.1. The zero-order valence-electron chi connectivity index (χ0n) is 28.6. The first-order valence-corrected chi connectivity index (χ1v) is 17.8. The molecule has 0 aliphatic heterocycles. The Kier molecular flexibility index (Phi) is 7.43. The molecule has 4 heteroatoms. The van der Waals surface area contributed by atoms with Gasteiger partial charge < -0.3 is 4.42 Å². The highest BCUT2D eigenvalue weighted by Gasteiger charge is 2.22. The number of hydrogen-bond acceptors (Lipinski definition) is 4. The van der Waals surface area contributed by atoms with Crippen LogP contribution in [0, 0.1) is 0 Å². The van der Waals surface area contributed by atoms with E-state index < -0.39 is 0 Å². The van der Waals surface area contributed by atoms with Gasteiger partial charge in [-0.2, -0.15) is 0 Å². The average Bonchev–Trinajstić information content (AvgIpc) is 3.64. The molecule has 53 heavy (non-hydrogen) atoms. The molecule has 0 unspecified atom stereocenters. The monoisotopic (exact) mass is 677 g/mol. The Hall–Kier alpha value is -7.17. The standard InChI is InChI=1S/C49H31N3O/c1-4-15-32(16-5-1)35-21-12-23-37(29-35)47-50-48(38-24-13-22-36(30-38)33-17-6-2-7-18-33)52-49(51-47)43-31-42-39(34-19-8-3-9-20-34)26-14-27-40(42)46-45(43)41-25-10-11-28-44(41)53-46/h1-31H. The van der Waals surface area contributed by atoms with Crippen LogP contribution < -0.4 is 0 Å². The number of benzene rings is 8. The third-order valence-corrected chi connectivity index (χ3v) is 9.92. The number of nitrogens with zero attached hydrogens (tertiary/aromatic N) is 3. The number of hydrogen-bond donors (Lipinski definition) is 0. The van der Waals surface area contributed by atoms with Crippen molar-refractivity contribution in [2.75, 3.05) is 0 Å². The predicted molar refractivity (Wildman–Crippen MR) is 217 cm³/mol. The van der Waals surface area contributed by atoms with Crippen molar-refractivity contribution in [3.63, 3.8) is 0 Å². The molecular formula is C49H31N3O. The van der Waals surface area contributed by atoms with Crippen molar-refractivity contribution in [1.29, 1.82) is 0 Å². The first-order chi connectivity index (χ1) is 26.3. The molecule has 0 saturated heterocycles. The van der Waals surface area contributed by atoms with E-state index in [1.54, 1.807) is 0 Å². The number of furan rings is 1. The molecule has 0 atom stereocenters. The lowest BCUT2D eigenvalue weighted by Gasteiger charge is -2.13. The molecule has 0 bridgehead atoms. The lowest BCUT2D eigenvalue weighted by molar-refractivity contribution is 0.672. The Morgan fingerprint density at radius 3 is 1.40 bits per heavy atom. The fourth-order valence-corrected chi connectivity index (χ4v) is 7.38. The maximum atomic E-state index is 6.71. The van der Waals surface area contributed by atoms with Crippen LogP contribution in [0.25, 0.3) is 100 Å². The third-order valence-electron chi connectivity index (χ3n) is 9.92. The Morgan fingerprint density at radius 2 is 0.774 bits per heavy atom. The van der Waals surface area contributed by atoms with Crippen LogP contribution in [0.3, 0.4) is 0 Å². The largest absolute Gasteiger partial charge is 0.455 e. The quantitative estimate of drug-likeness (QED) is 0.176. The highest BCUT2D eigenvalue weighted by atomic mass is 16.3. The maximum absolute atomic E-state index is 6.71. The molecule has 0 spiro atoms. The SMILES string of the molecule is c1ccc(-c2cccc(-c3nc(-c4cccc(-c5ccccc5)c4)nc(-c4cc5c(-c6ccccc6)cccc5c5oc6ccccc6c45)n3)c2)cc1. The number of para-hydroxylation sites is 1. The Labute approximate surface area is 306 Å². The summed E-state index contributed by atoms with van der Waals surface area (Å²) in [7, 11) is 0. The Bertz CT molecular complexity index is 2830. The van der Waals surface area contributed by atoms with E-state index in [0.717, 1.165) is 82.8 Å². The van der Waals surface area contributed by atoms with Crippen LogP contribution in [0.5, 0.6) is 0 Å². The molecule has 0 fully saturated rings. The molecule has 0 aliphatic rings. The first-order valence-electron chi connectivity index (χ1n) is 17.8. The van der Waals surface area contributed by atoms with Crippen molar-refractivity contribution in [2.45, 2.75) is 0 Å². The van der Waals surface area contributed by atoms with Gasteiger partial charge in [0.15, 0.2) is 17.5 Å². The summed E-state index contributed by atoms with van der Waals surface area (Å²) >= 11 is 0. The van der Waals surface area contributed by atoms with Gasteiger partial charge >= 0.3 is 0 Å². The fourth-order valence-electron chi connectivity index (χ4n) is 7.38. The van der Waals surface area contributed by atoms with Crippen molar-refractivity contribution >= 4 is 32.7 Å². The molecule has 248 valence electrons. The third kappa shape index (κ3) is 5.54. The van der Waals surface area contributed by atoms with Gasteiger partial charge in [0.25, 0.3) is 0 Å². The van der Waals surface area contributed by atoms with Gasteiger partial charge in [-0.25, -0.2) is 15.0 Å². The van der Waals surface area contributed by atoms with Crippen LogP contribution in [0.4, 0.5) is 0 Å². The lowest BCUT2D eigenvalue weighted by Crippen LogP contribution is -2.01. The van der Waals surface area contributed by atoms with Gasteiger partial charge in [0.05, 0.1) is 0 Å². The number of fused-ring (bicyclic) bond motifs is 5. The van der Waals surface area contributed by atoms with Crippen molar-refractivity contribution in [3.8, 4) is 67.5 Å². The summed E-state index contributed by atoms with van der Waals surface area (Å²) < 4.78 is 6.71. The van der Waals surface area contributed by atoms with Gasteiger partial charge in [-0.3, -0.25) is 0 Å². The van der Waals surface area contributed by atoms with Crippen molar-refractivity contribution < 1.29 is 4.42 Å². The van der Waals surface area contributed by atoms with Crippen molar-refractivity contribution in [3.05, 3.63) is 188 Å². The van der Waals surface area contributed by atoms with Gasteiger partial charge in [-0.05, 0) is 63.0 Å². The summed E-state index contributed by atoms with van der Waals surface area (Å²) in [6.07, 6.45) is 0. The van der Waals surface area contributed by atoms with Crippen LogP contribution in [0.15, 0.2) is 192 Å². The summed E-state index contributed by atoms with van der Waals surface area (Å²) in [5.41, 5.74) is 11.1. The molecule has 10 rings (SSSR count). The normalized spacial score (nSPS) is 11.4. The smallest absolute Gasteiger partial charge is 0.164 e. The molecule has 8 aromatic carbocycles. The van der Waals surface area contributed by atoms with Crippen LogP contribution in [-0.2, 0) is 0 Å². The van der Waals surface area contributed by atoms with Gasteiger partial charge in [0.2, 0.25) is 0 Å². The molecule has 2 heterocycles. The number of rotatable bonds is 6. The van der Waals surface area contributed by atoms with E-state index in [9.17, 15) is 0 Å². The summed E-state index contributed by atoms with van der Waals surface area (Å²) in [5.74, 6) is 1.79. The van der Waals surface area contributed by atoms with Crippen molar-refractivity contribution in [1.82, 2.24) is 15.0 Å². The maximum Gasteiger partial charge on any atom is 0.164 e. The van der Waals surface area contributed by atoms with Gasteiger partial charge in [0, 0.05) is 32.8 Å². The predicted octanol–water partition coefficient (Wildman–Crippen LogP) is 12.9. The summed E-state index contributed by atoms with van der Waals surface area (Å²) in [6.45, 7) is 0. The van der Waals surface area contributed by atoms with E-state index in [2.05, 4.69) is 158 Å². The van der Waals surface area contributed by atoms with Crippen LogP contribution in [0.2, 0.25) is 0 Å². The van der Waals surface area contributed by atoms with Gasteiger partial charge in [0.1, 0.15) is 11.2 Å². The molecule has 2 aromatic heterocycles. The van der Waals surface area contributed by atoms with Gasteiger partial charge in [-0.1, -0.05) is 164 Å². The van der Waals surface area contributed by atoms with Crippen LogP contribution in [-0.4, -0.2) is 15.0 Å². The lowest BCUT2D eigenvalue weighted by atomic mass is 9.93. The molecule has 0 radical (unpaired) electrons.